The van der Waals surface area contributed by atoms with Crippen LogP contribution in [0.15, 0.2) is 36.5 Å². The SMILES string of the molecule is CC1Oc2ccccc2N(CC(=O)Nc2ccnn2C(C)C)C1=O. The van der Waals surface area contributed by atoms with Gasteiger partial charge in [0.25, 0.3) is 5.91 Å². The molecule has 0 fully saturated rings. The number of anilines is 2. The molecule has 2 amide bonds. The third kappa shape index (κ3) is 2.97. The number of nitrogens with zero attached hydrogens (tertiary/aromatic N) is 3. The first kappa shape index (κ1) is 16.0. The lowest BCUT2D eigenvalue weighted by atomic mass is 10.2. The number of carbonyl (C=O) groups excluding carboxylic acids is 2. The number of benzene rings is 1. The van der Waals surface area contributed by atoms with Crippen molar-refractivity contribution in [1.82, 2.24) is 9.78 Å². The molecule has 0 bridgehead atoms. The van der Waals surface area contributed by atoms with Crippen molar-refractivity contribution in [3.05, 3.63) is 36.5 Å². The zero-order chi connectivity index (χ0) is 17.3. The number of ether oxygens (including phenoxy) is 1. The minimum Gasteiger partial charge on any atom is -0.479 e. The lowest BCUT2D eigenvalue weighted by Crippen LogP contribution is -2.47. The van der Waals surface area contributed by atoms with Crippen LogP contribution in [-0.2, 0) is 9.59 Å². The molecule has 7 heteroatoms. The Morgan fingerprint density at radius 1 is 1.33 bits per heavy atom. The average Bonchev–Trinajstić information content (AvgIpc) is 3.00. The topological polar surface area (TPSA) is 76.5 Å². The van der Waals surface area contributed by atoms with Crippen LogP contribution < -0.4 is 15.0 Å². The predicted octanol–water partition coefficient (Wildman–Crippen LogP) is 2.22. The van der Waals surface area contributed by atoms with Gasteiger partial charge in [-0.15, -0.1) is 0 Å². The molecule has 1 N–H and O–H groups in total. The van der Waals surface area contributed by atoms with E-state index >= 15 is 0 Å². The molecule has 1 atom stereocenters. The van der Waals surface area contributed by atoms with Gasteiger partial charge < -0.3 is 10.1 Å². The molecule has 7 nitrogen and oxygen atoms in total. The third-order valence-corrected chi connectivity index (χ3v) is 3.80. The van der Waals surface area contributed by atoms with Gasteiger partial charge in [-0.25, -0.2) is 4.68 Å². The standard InChI is InChI=1S/C17H20N4O3/c1-11(2)21-15(8-9-18-21)19-16(22)10-20-13-6-4-5-7-14(13)24-12(3)17(20)23/h4-9,11-12H,10H2,1-3H3,(H,19,22). The van der Waals surface area contributed by atoms with Gasteiger partial charge in [0.2, 0.25) is 5.91 Å². The zero-order valence-corrected chi connectivity index (χ0v) is 13.9. The number of nitrogens with one attached hydrogen (secondary N) is 1. The van der Waals surface area contributed by atoms with E-state index in [0.717, 1.165) is 0 Å². The molecule has 126 valence electrons. The number of para-hydroxylation sites is 2. The fourth-order valence-corrected chi connectivity index (χ4v) is 2.67. The Hall–Kier alpha value is -2.83. The van der Waals surface area contributed by atoms with Crippen LogP contribution in [0.2, 0.25) is 0 Å². The molecule has 1 aromatic heterocycles. The van der Waals surface area contributed by atoms with Gasteiger partial charge >= 0.3 is 0 Å². The van der Waals surface area contributed by atoms with Crippen molar-refractivity contribution < 1.29 is 14.3 Å². The summed E-state index contributed by atoms with van der Waals surface area (Å²) < 4.78 is 7.29. The summed E-state index contributed by atoms with van der Waals surface area (Å²) >= 11 is 0. The van der Waals surface area contributed by atoms with E-state index in [1.807, 2.05) is 26.0 Å². The molecule has 3 rings (SSSR count). The first-order chi connectivity index (χ1) is 11.5. The number of hydrogen-bond acceptors (Lipinski definition) is 4. The van der Waals surface area contributed by atoms with E-state index in [1.54, 1.807) is 36.0 Å². The molecule has 0 saturated carbocycles. The molecule has 0 radical (unpaired) electrons. The van der Waals surface area contributed by atoms with Crippen LogP contribution in [0.25, 0.3) is 0 Å². The maximum Gasteiger partial charge on any atom is 0.268 e. The Kier molecular flexibility index (Phi) is 4.24. The number of rotatable bonds is 4. The van der Waals surface area contributed by atoms with E-state index < -0.39 is 6.10 Å². The molecule has 0 spiro atoms. The molecule has 24 heavy (non-hydrogen) atoms. The van der Waals surface area contributed by atoms with Crippen LogP contribution in [-0.4, -0.2) is 34.2 Å². The van der Waals surface area contributed by atoms with Crippen molar-refractivity contribution in [2.45, 2.75) is 32.9 Å². The first-order valence-corrected chi connectivity index (χ1v) is 7.88. The van der Waals surface area contributed by atoms with E-state index in [0.29, 0.717) is 17.3 Å². The van der Waals surface area contributed by atoms with E-state index in [9.17, 15) is 9.59 Å². The second kappa shape index (κ2) is 6.35. The summed E-state index contributed by atoms with van der Waals surface area (Å²) in [5, 5.41) is 6.99. The van der Waals surface area contributed by atoms with Crippen molar-refractivity contribution in [1.29, 1.82) is 0 Å². The highest BCUT2D eigenvalue weighted by atomic mass is 16.5. The van der Waals surface area contributed by atoms with Gasteiger partial charge in [0.1, 0.15) is 18.1 Å². The number of aromatic nitrogens is 2. The molecule has 1 unspecified atom stereocenters. The third-order valence-electron chi connectivity index (χ3n) is 3.80. The van der Waals surface area contributed by atoms with Crippen molar-refractivity contribution in [2.75, 3.05) is 16.8 Å². The normalized spacial score (nSPS) is 16.8. The smallest absolute Gasteiger partial charge is 0.268 e. The fourth-order valence-electron chi connectivity index (χ4n) is 2.67. The predicted molar refractivity (Wildman–Crippen MR) is 90.1 cm³/mol. The molecule has 0 saturated heterocycles. The highest BCUT2D eigenvalue weighted by Crippen LogP contribution is 2.33. The second-order valence-electron chi connectivity index (χ2n) is 5.96. The largest absolute Gasteiger partial charge is 0.479 e. The van der Waals surface area contributed by atoms with Crippen molar-refractivity contribution in [3.63, 3.8) is 0 Å². The Morgan fingerprint density at radius 2 is 2.08 bits per heavy atom. The highest BCUT2D eigenvalue weighted by molar-refractivity contribution is 6.05. The number of amides is 2. The minimum atomic E-state index is -0.617. The van der Waals surface area contributed by atoms with E-state index in [1.165, 1.54) is 4.90 Å². The first-order valence-electron chi connectivity index (χ1n) is 7.88. The summed E-state index contributed by atoms with van der Waals surface area (Å²) in [5.41, 5.74) is 0.605. The van der Waals surface area contributed by atoms with Crippen molar-refractivity contribution in [2.24, 2.45) is 0 Å². The monoisotopic (exact) mass is 328 g/mol. The molecular weight excluding hydrogens is 308 g/mol. The molecule has 1 aromatic carbocycles. The summed E-state index contributed by atoms with van der Waals surface area (Å²) in [6.07, 6.45) is 1.02. The zero-order valence-electron chi connectivity index (χ0n) is 13.9. The molecule has 1 aliphatic heterocycles. The van der Waals surface area contributed by atoms with E-state index in [4.69, 9.17) is 4.74 Å². The van der Waals surface area contributed by atoms with Crippen LogP contribution in [0.5, 0.6) is 5.75 Å². The summed E-state index contributed by atoms with van der Waals surface area (Å²) in [6.45, 7) is 5.56. The summed E-state index contributed by atoms with van der Waals surface area (Å²) in [6, 6.07) is 9.06. The van der Waals surface area contributed by atoms with Gasteiger partial charge in [0.15, 0.2) is 6.10 Å². The Bertz CT molecular complexity index is 769. The molecule has 2 heterocycles. The van der Waals surface area contributed by atoms with Gasteiger partial charge in [-0.05, 0) is 32.9 Å². The van der Waals surface area contributed by atoms with Gasteiger partial charge in [-0.1, -0.05) is 12.1 Å². The number of fused-ring (bicyclic) bond motifs is 1. The van der Waals surface area contributed by atoms with Gasteiger partial charge in [0, 0.05) is 12.1 Å². The summed E-state index contributed by atoms with van der Waals surface area (Å²) in [4.78, 5) is 26.3. The molecule has 0 aliphatic carbocycles. The van der Waals surface area contributed by atoms with Crippen molar-refractivity contribution >= 4 is 23.3 Å². The van der Waals surface area contributed by atoms with E-state index in [-0.39, 0.29) is 24.4 Å². The van der Waals surface area contributed by atoms with Gasteiger partial charge in [-0.2, -0.15) is 5.10 Å². The van der Waals surface area contributed by atoms with Gasteiger partial charge in [0.05, 0.1) is 11.9 Å². The molecule has 2 aromatic rings. The van der Waals surface area contributed by atoms with Crippen LogP contribution >= 0.6 is 0 Å². The summed E-state index contributed by atoms with van der Waals surface area (Å²) in [7, 11) is 0. The summed E-state index contributed by atoms with van der Waals surface area (Å²) in [5.74, 6) is 0.692. The lowest BCUT2D eigenvalue weighted by Gasteiger charge is -2.32. The molecular formula is C17H20N4O3. The number of hydrogen-bond donors (Lipinski definition) is 1. The lowest BCUT2D eigenvalue weighted by molar-refractivity contribution is -0.127. The Labute approximate surface area is 140 Å². The van der Waals surface area contributed by atoms with Gasteiger partial charge in [-0.3, -0.25) is 14.5 Å². The van der Waals surface area contributed by atoms with Crippen LogP contribution in [0.3, 0.4) is 0 Å². The van der Waals surface area contributed by atoms with E-state index in [2.05, 4.69) is 10.4 Å². The van der Waals surface area contributed by atoms with Crippen LogP contribution in [0, 0.1) is 0 Å². The average molecular weight is 328 g/mol. The Balaban J connectivity index is 1.78. The van der Waals surface area contributed by atoms with Crippen LogP contribution in [0.1, 0.15) is 26.8 Å². The number of carbonyl (C=O) groups is 2. The minimum absolute atomic E-state index is 0.0766. The Morgan fingerprint density at radius 3 is 2.83 bits per heavy atom. The second-order valence-corrected chi connectivity index (χ2v) is 5.96. The molecule has 1 aliphatic rings. The van der Waals surface area contributed by atoms with Crippen molar-refractivity contribution in [3.8, 4) is 5.75 Å². The maximum absolute atomic E-state index is 12.4. The maximum atomic E-state index is 12.4. The highest BCUT2D eigenvalue weighted by Gasteiger charge is 2.32. The fraction of sp³-hybridized carbons (Fsp3) is 0.353. The quantitative estimate of drug-likeness (QED) is 0.933. The van der Waals surface area contributed by atoms with Crippen LogP contribution in [0.4, 0.5) is 11.5 Å².